The number of rotatable bonds is 3. The Labute approximate surface area is 160 Å². The predicted molar refractivity (Wildman–Crippen MR) is 102 cm³/mol. The fourth-order valence-corrected chi connectivity index (χ4v) is 4.43. The third-order valence-electron chi connectivity index (χ3n) is 5.18. The Kier molecular flexibility index (Phi) is 4.07. The van der Waals surface area contributed by atoms with Crippen molar-refractivity contribution >= 4 is 27.3 Å². The van der Waals surface area contributed by atoms with Crippen LogP contribution in [0.25, 0.3) is 16.2 Å². The van der Waals surface area contributed by atoms with Gasteiger partial charge in [0.1, 0.15) is 5.82 Å². The third-order valence-corrected chi connectivity index (χ3v) is 6.16. The van der Waals surface area contributed by atoms with E-state index in [9.17, 15) is 9.18 Å². The molecule has 1 amide bonds. The minimum Gasteiger partial charge on any atom is -0.345 e. The molecule has 0 atom stereocenters. The van der Waals surface area contributed by atoms with Gasteiger partial charge >= 0.3 is 0 Å². The van der Waals surface area contributed by atoms with E-state index in [-0.39, 0.29) is 11.7 Å². The van der Waals surface area contributed by atoms with Gasteiger partial charge in [-0.2, -0.15) is 0 Å². The van der Waals surface area contributed by atoms with Crippen LogP contribution in [0.4, 0.5) is 9.52 Å². The molecule has 0 radical (unpaired) electrons. The molecule has 8 heteroatoms. The van der Waals surface area contributed by atoms with Crippen molar-refractivity contribution in [3.05, 3.63) is 36.3 Å². The van der Waals surface area contributed by atoms with E-state index in [1.807, 2.05) is 11.1 Å². The molecule has 1 aliphatic carbocycles. The Morgan fingerprint density at radius 1 is 1.11 bits per heavy atom. The van der Waals surface area contributed by atoms with Gasteiger partial charge in [-0.3, -0.25) is 4.79 Å². The van der Waals surface area contributed by atoms with E-state index in [4.69, 9.17) is 0 Å². The zero-order valence-corrected chi connectivity index (χ0v) is 15.7. The highest BCUT2D eigenvalue weighted by Crippen LogP contribution is 2.32. The van der Waals surface area contributed by atoms with Gasteiger partial charge in [-0.1, -0.05) is 11.3 Å². The number of carbonyl (C=O) groups excluding carboxylic acids is 1. The Bertz CT molecular complexity index is 946. The smallest absolute Gasteiger partial charge is 0.225 e. The number of hydrogen-bond donors (Lipinski definition) is 0. The van der Waals surface area contributed by atoms with Gasteiger partial charge in [-0.15, -0.1) is 5.10 Å². The first-order valence-corrected chi connectivity index (χ1v) is 10.1. The van der Waals surface area contributed by atoms with Gasteiger partial charge in [0.25, 0.3) is 0 Å². The van der Waals surface area contributed by atoms with E-state index in [2.05, 4.69) is 15.0 Å². The predicted octanol–water partition coefficient (Wildman–Crippen LogP) is 3.05. The Morgan fingerprint density at radius 3 is 2.67 bits per heavy atom. The molecule has 3 aromatic rings. The molecule has 0 spiro atoms. The molecular formula is C19H20FN5OS. The van der Waals surface area contributed by atoms with Gasteiger partial charge < -0.3 is 9.80 Å². The van der Waals surface area contributed by atoms with Crippen molar-refractivity contribution in [2.24, 2.45) is 5.92 Å². The topological polar surface area (TPSA) is 53.7 Å². The summed E-state index contributed by atoms with van der Waals surface area (Å²) in [4.78, 5) is 22.0. The van der Waals surface area contributed by atoms with Crippen LogP contribution in [0.2, 0.25) is 0 Å². The second-order valence-corrected chi connectivity index (χ2v) is 8.12. The maximum Gasteiger partial charge on any atom is 0.225 e. The number of anilines is 1. The minimum absolute atomic E-state index is 0.254. The number of benzene rings is 1. The van der Waals surface area contributed by atoms with Crippen LogP contribution in [0.15, 0.2) is 30.5 Å². The molecular weight excluding hydrogens is 365 g/mol. The molecule has 1 aromatic carbocycles. The summed E-state index contributed by atoms with van der Waals surface area (Å²) in [5.41, 5.74) is 1.66. The van der Waals surface area contributed by atoms with Crippen molar-refractivity contribution < 1.29 is 9.18 Å². The number of amides is 1. The number of fused-ring (bicyclic) bond motifs is 1. The average molecular weight is 385 g/mol. The molecule has 1 saturated carbocycles. The van der Waals surface area contributed by atoms with E-state index in [1.54, 1.807) is 28.0 Å². The molecule has 0 unspecified atom stereocenters. The Hall–Kier alpha value is -2.48. The third kappa shape index (κ3) is 3.29. The summed E-state index contributed by atoms with van der Waals surface area (Å²) >= 11 is 1.55. The van der Waals surface area contributed by atoms with Crippen LogP contribution in [-0.2, 0) is 4.79 Å². The zero-order valence-electron chi connectivity index (χ0n) is 14.8. The number of carbonyl (C=O) groups is 1. The normalized spacial score (nSPS) is 18.1. The molecule has 3 heterocycles. The highest BCUT2D eigenvalue weighted by Gasteiger charge is 2.34. The van der Waals surface area contributed by atoms with Gasteiger partial charge in [0.05, 0.1) is 11.9 Å². The van der Waals surface area contributed by atoms with Gasteiger partial charge in [0.15, 0.2) is 0 Å². The molecule has 0 N–H and O–H groups in total. The highest BCUT2D eigenvalue weighted by atomic mass is 32.1. The molecule has 2 aliphatic rings. The molecule has 0 bridgehead atoms. The Morgan fingerprint density at radius 2 is 1.93 bits per heavy atom. The van der Waals surface area contributed by atoms with Crippen molar-refractivity contribution in [1.82, 2.24) is 19.5 Å². The molecule has 1 aliphatic heterocycles. The first kappa shape index (κ1) is 16.7. The summed E-state index contributed by atoms with van der Waals surface area (Å²) in [6, 6.07) is 6.33. The maximum absolute atomic E-state index is 13.1. The van der Waals surface area contributed by atoms with E-state index >= 15 is 0 Å². The number of aromatic nitrogens is 3. The van der Waals surface area contributed by atoms with Crippen LogP contribution < -0.4 is 4.90 Å². The molecule has 6 nitrogen and oxygen atoms in total. The quantitative estimate of drug-likeness (QED) is 0.695. The summed E-state index contributed by atoms with van der Waals surface area (Å²) in [5.74, 6) is 0.356. The lowest BCUT2D eigenvalue weighted by Gasteiger charge is -2.21. The van der Waals surface area contributed by atoms with Gasteiger partial charge in [0, 0.05) is 37.7 Å². The van der Waals surface area contributed by atoms with Crippen molar-refractivity contribution in [2.75, 3.05) is 31.1 Å². The summed E-state index contributed by atoms with van der Waals surface area (Å²) in [6.07, 6.45) is 4.95. The first-order valence-electron chi connectivity index (χ1n) is 9.33. The monoisotopic (exact) mass is 385 g/mol. The maximum atomic E-state index is 13.1. The fraction of sp³-hybridized carbons (Fsp3) is 0.421. The van der Waals surface area contributed by atoms with Crippen molar-refractivity contribution in [1.29, 1.82) is 0 Å². The lowest BCUT2D eigenvalue weighted by Crippen LogP contribution is -2.36. The van der Waals surface area contributed by atoms with E-state index in [0.29, 0.717) is 5.91 Å². The summed E-state index contributed by atoms with van der Waals surface area (Å²) in [6.45, 7) is 3.30. The second-order valence-electron chi connectivity index (χ2n) is 7.18. The lowest BCUT2D eigenvalue weighted by molar-refractivity contribution is -0.132. The summed E-state index contributed by atoms with van der Waals surface area (Å²) in [5, 5.41) is 5.61. The van der Waals surface area contributed by atoms with Crippen LogP contribution >= 0.6 is 11.3 Å². The van der Waals surface area contributed by atoms with Crippen molar-refractivity contribution in [3.8, 4) is 11.3 Å². The van der Waals surface area contributed by atoms with Crippen molar-refractivity contribution in [2.45, 2.75) is 19.3 Å². The zero-order chi connectivity index (χ0) is 18.4. The molecule has 5 rings (SSSR count). The molecule has 2 aromatic heterocycles. The van der Waals surface area contributed by atoms with Crippen molar-refractivity contribution in [3.63, 3.8) is 0 Å². The second kappa shape index (κ2) is 6.60. The van der Waals surface area contributed by atoms with Crippen LogP contribution in [0.1, 0.15) is 19.3 Å². The summed E-state index contributed by atoms with van der Waals surface area (Å²) in [7, 11) is 0. The van der Waals surface area contributed by atoms with Crippen LogP contribution in [-0.4, -0.2) is 51.6 Å². The van der Waals surface area contributed by atoms with Crippen LogP contribution in [0, 0.1) is 11.7 Å². The number of nitrogens with zero attached hydrogens (tertiary/aromatic N) is 5. The summed E-state index contributed by atoms with van der Waals surface area (Å²) < 4.78 is 14.9. The van der Waals surface area contributed by atoms with E-state index in [0.717, 1.165) is 66.8 Å². The van der Waals surface area contributed by atoms with Gasteiger partial charge in [-0.05, 0) is 43.5 Å². The Balaban J connectivity index is 1.32. The minimum atomic E-state index is -0.254. The standard InChI is InChI=1S/C19H20FN5OS/c20-15-6-4-13(5-7-15)16-12-25-18(21-16)27-19(22-25)24-9-1-8-23(10-11-24)17(26)14-2-3-14/h4-7,12,14H,1-3,8-11H2. The molecule has 27 heavy (non-hydrogen) atoms. The van der Waals surface area contributed by atoms with Crippen LogP contribution in [0.3, 0.4) is 0 Å². The lowest BCUT2D eigenvalue weighted by atomic mass is 10.2. The van der Waals surface area contributed by atoms with Crippen LogP contribution in [0.5, 0.6) is 0 Å². The number of imidazole rings is 1. The fourth-order valence-electron chi connectivity index (χ4n) is 3.49. The van der Waals surface area contributed by atoms with Gasteiger partial charge in [0.2, 0.25) is 16.0 Å². The SMILES string of the molecule is O=C(C1CC1)N1CCCN(c2nn3cc(-c4ccc(F)cc4)nc3s2)CC1. The van der Waals surface area contributed by atoms with E-state index in [1.165, 1.54) is 12.1 Å². The molecule has 1 saturated heterocycles. The molecule has 2 fully saturated rings. The van der Waals surface area contributed by atoms with E-state index < -0.39 is 0 Å². The largest absolute Gasteiger partial charge is 0.345 e. The first-order chi connectivity index (χ1) is 13.2. The molecule has 140 valence electrons. The number of hydrogen-bond acceptors (Lipinski definition) is 5. The highest BCUT2D eigenvalue weighted by molar-refractivity contribution is 7.20. The number of halogens is 1. The van der Waals surface area contributed by atoms with Gasteiger partial charge in [-0.25, -0.2) is 13.9 Å². The average Bonchev–Trinajstić information content (AvgIpc) is 3.39.